The van der Waals surface area contributed by atoms with E-state index in [1.54, 1.807) is 0 Å². The first kappa shape index (κ1) is 10.9. The molecule has 0 atom stereocenters. The Kier molecular flexibility index (Phi) is 4.59. The summed E-state index contributed by atoms with van der Waals surface area (Å²) in [6.45, 7) is 0. The Morgan fingerprint density at radius 1 is 1.08 bits per heavy atom. The van der Waals surface area contributed by atoms with Crippen molar-refractivity contribution in [1.29, 1.82) is 5.26 Å². The molecule has 0 unspecified atom stereocenters. The van der Waals surface area contributed by atoms with E-state index in [1.165, 1.54) is 32.1 Å². The summed E-state index contributed by atoms with van der Waals surface area (Å²) in [5.41, 5.74) is -0.0812. The van der Waals surface area contributed by atoms with Gasteiger partial charge in [0.05, 0.1) is 11.5 Å². The summed E-state index contributed by atoms with van der Waals surface area (Å²) < 4.78 is 0. The molecule has 0 bridgehead atoms. The average molecular weight is 200 g/mol. The molecular weight excluding hydrogens is 182 g/mol. The van der Waals surface area contributed by atoms with Gasteiger partial charge in [0.25, 0.3) is 0 Å². The van der Waals surface area contributed by atoms with Gasteiger partial charge in [-0.3, -0.25) is 0 Å². The van der Waals surface area contributed by atoms with E-state index >= 15 is 0 Å². The molecule has 0 heterocycles. The minimum atomic E-state index is -0.0812. The number of nitrogens with zero attached hydrogens (tertiary/aromatic N) is 1. The fourth-order valence-electron chi connectivity index (χ4n) is 2.18. The SMILES string of the molecule is N#CC1(CCCl)CCCCCCC1. The molecule has 0 aromatic heterocycles. The zero-order chi connectivity index (χ0) is 9.57. The van der Waals surface area contributed by atoms with Crippen molar-refractivity contribution in [3.05, 3.63) is 0 Å². The standard InChI is InChI=1S/C11H18ClN/c12-9-8-11(10-13)6-4-2-1-3-5-7-11/h1-9H2. The lowest BCUT2D eigenvalue weighted by Crippen LogP contribution is -2.20. The van der Waals surface area contributed by atoms with Crippen molar-refractivity contribution < 1.29 is 0 Å². The van der Waals surface area contributed by atoms with Gasteiger partial charge in [0, 0.05) is 5.88 Å². The molecular formula is C11H18ClN. The molecule has 1 aliphatic rings. The van der Waals surface area contributed by atoms with Crippen molar-refractivity contribution in [3.8, 4) is 6.07 Å². The van der Waals surface area contributed by atoms with Crippen LogP contribution in [0.2, 0.25) is 0 Å². The molecule has 0 radical (unpaired) electrons. The number of nitriles is 1. The van der Waals surface area contributed by atoms with E-state index in [0.29, 0.717) is 5.88 Å². The predicted molar refractivity (Wildman–Crippen MR) is 55.7 cm³/mol. The lowest BCUT2D eigenvalue weighted by Gasteiger charge is -2.27. The molecule has 0 aliphatic heterocycles. The Bertz CT molecular complexity index is 175. The molecule has 1 rings (SSSR count). The molecule has 2 heteroatoms. The molecule has 0 spiro atoms. The van der Waals surface area contributed by atoms with Crippen molar-refractivity contribution in [2.24, 2.45) is 5.41 Å². The van der Waals surface area contributed by atoms with Crippen LogP contribution in [0.3, 0.4) is 0 Å². The zero-order valence-electron chi connectivity index (χ0n) is 8.19. The fraction of sp³-hybridized carbons (Fsp3) is 0.909. The monoisotopic (exact) mass is 199 g/mol. The summed E-state index contributed by atoms with van der Waals surface area (Å²) in [5.74, 6) is 0.633. The van der Waals surface area contributed by atoms with Crippen LogP contribution >= 0.6 is 11.6 Å². The number of alkyl halides is 1. The van der Waals surface area contributed by atoms with Crippen molar-refractivity contribution in [2.75, 3.05) is 5.88 Å². The average Bonchev–Trinajstić information content (AvgIpc) is 2.10. The van der Waals surface area contributed by atoms with Crippen molar-refractivity contribution in [1.82, 2.24) is 0 Å². The highest BCUT2D eigenvalue weighted by molar-refractivity contribution is 6.17. The molecule has 0 aromatic carbocycles. The second-order valence-corrected chi connectivity index (χ2v) is 4.48. The Labute approximate surface area is 86.1 Å². The quantitative estimate of drug-likeness (QED) is 0.620. The lowest BCUT2D eigenvalue weighted by molar-refractivity contribution is 0.281. The van der Waals surface area contributed by atoms with Gasteiger partial charge in [-0.2, -0.15) is 5.26 Å². The highest BCUT2D eigenvalue weighted by Gasteiger charge is 2.29. The Balaban J connectivity index is 2.54. The number of halogens is 1. The first-order valence-electron chi connectivity index (χ1n) is 5.30. The van der Waals surface area contributed by atoms with Gasteiger partial charge in [-0.25, -0.2) is 0 Å². The van der Waals surface area contributed by atoms with Crippen LogP contribution in [-0.4, -0.2) is 5.88 Å². The maximum Gasteiger partial charge on any atom is 0.0690 e. The predicted octanol–water partition coefficient (Wildman–Crippen LogP) is 3.87. The van der Waals surface area contributed by atoms with Crippen molar-refractivity contribution in [3.63, 3.8) is 0 Å². The number of rotatable bonds is 2. The summed E-state index contributed by atoms with van der Waals surface area (Å²) >= 11 is 5.75. The summed E-state index contributed by atoms with van der Waals surface area (Å²) in [4.78, 5) is 0. The van der Waals surface area contributed by atoms with E-state index in [4.69, 9.17) is 11.6 Å². The largest absolute Gasteiger partial charge is 0.198 e. The number of hydrogen-bond donors (Lipinski definition) is 0. The minimum Gasteiger partial charge on any atom is -0.198 e. The number of hydrogen-bond acceptors (Lipinski definition) is 1. The van der Waals surface area contributed by atoms with Gasteiger partial charge in [0.2, 0.25) is 0 Å². The first-order chi connectivity index (χ1) is 6.33. The van der Waals surface area contributed by atoms with Crippen LogP contribution < -0.4 is 0 Å². The van der Waals surface area contributed by atoms with Crippen LogP contribution in [0.15, 0.2) is 0 Å². The molecule has 1 saturated carbocycles. The van der Waals surface area contributed by atoms with E-state index in [-0.39, 0.29) is 5.41 Å². The Morgan fingerprint density at radius 3 is 2.08 bits per heavy atom. The van der Waals surface area contributed by atoms with Gasteiger partial charge in [-0.05, 0) is 19.3 Å². The molecule has 0 saturated heterocycles. The van der Waals surface area contributed by atoms with Crippen molar-refractivity contribution >= 4 is 11.6 Å². The molecule has 1 fully saturated rings. The fourth-order valence-corrected chi connectivity index (χ4v) is 2.54. The van der Waals surface area contributed by atoms with Crippen LogP contribution in [0.5, 0.6) is 0 Å². The molecule has 1 aliphatic carbocycles. The molecule has 1 nitrogen and oxygen atoms in total. The topological polar surface area (TPSA) is 23.8 Å². The maximum absolute atomic E-state index is 9.18. The summed E-state index contributed by atoms with van der Waals surface area (Å²) in [6, 6.07) is 2.50. The van der Waals surface area contributed by atoms with Gasteiger partial charge in [-0.1, -0.05) is 32.1 Å². The molecule has 0 amide bonds. The summed E-state index contributed by atoms with van der Waals surface area (Å²) in [5, 5.41) is 9.18. The highest BCUT2D eigenvalue weighted by Crippen LogP contribution is 2.36. The smallest absolute Gasteiger partial charge is 0.0690 e. The third-order valence-electron chi connectivity index (χ3n) is 3.12. The summed E-state index contributed by atoms with van der Waals surface area (Å²) in [6.07, 6.45) is 9.38. The molecule has 0 aromatic rings. The van der Waals surface area contributed by atoms with Crippen LogP contribution in [0.1, 0.15) is 51.4 Å². The Hall–Kier alpha value is -0.220. The van der Waals surface area contributed by atoms with Crippen molar-refractivity contribution in [2.45, 2.75) is 51.4 Å². The van der Waals surface area contributed by atoms with Crippen LogP contribution in [-0.2, 0) is 0 Å². The van der Waals surface area contributed by atoms with Crippen LogP contribution in [0.4, 0.5) is 0 Å². The Morgan fingerprint density at radius 2 is 1.62 bits per heavy atom. The molecule has 0 N–H and O–H groups in total. The second-order valence-electron chi connectivity index (χ2n) is 4.10. The minimum absolute atomic E-state index is 0.0812. The maximum atomic E-state index is 9.18. The van der Waals surface area contributed by atoms with E-state index in [2.05, 4.69) is 6.07 Å². The highest BCUT2D eigenvalue weighted by atomic mass is 35.5. The lowest BCUT2D eigenvalue weighted by atomic mass is 9.75. The second kappa shape index (κ2) is 5.50. The zero-order valence-corrected chi connectivity index (χ0v) is 8.95. The van der Waals surface area contributed by atoms with Gasteiger partial charge in [0.1, 0.15) is 0 Å². The molecule has 74 valence electrons. The van der Waals surface area contributed by atoms with E-state index in [0.717, 1.165) is 19.3 Å². The molecule has 13 heavy (non-hydrogen) atoms. The van der Waals surface area contributed by atoms with E-state index in [9.17, 15) is 5.26 Å². The summed E-state index contributed by atoms with van der Waals surface area (Å²) in [7, 11) is 0. The van der Waals surface area contributed by atoms with E-state index in [1.807, 2.05) is 0 Å². The van der Waals surface area contributed by atoms with Crippen LogP contribution in [0.25, 0.3) is 0 Å². The van der Waals surface area contributed by atoms with Gasteiger partial charge in [-0.15, -0.1) is 11.6 Å². The van der Waals surface area contributed by atoms with Gasteiger partial charge < -0.3 is 0 Å². The van der Waals surface area contributed by atoms with E-state index < -0.39 is 0 Å². The third-order valence-corrected chi connectivity index (χ3v) is 3.31. The normalized spacial score (nSPS) is 22.8. The van der Waals surface area contributed by atoms with Crippen LogP contribution in [0, 0.1) is 16.7 Å². The third kappa shape index (κ3) is 3.19. The van der Waals surface area contributed by atoms with Gasteiger partial charge in [0.15, 0.2) is 0 Å². The first-order valence-corrected chi connectivity index (χ1v) is 5.84. The van der Waals surface area contributed by atoms with Gasteiger partial charge >= 0.3 is 0 Å².